The summed E-state index contributed by atoms with van der Waals surface area (Å²) in [6, 6.07) is 7.54. The zero-order chi connectivity index (χ0) is 19.0. The van der Waals surface area contributed by atoms with E-state index in [1.165, 1.54) is 12.1 Å². The zero-order valence-electron chi connectivity index (χ0n) is 14.1. The number of benzene rings is 1. The van der Waals surface area contributed by atoms with Crippen molar-refractivity contribution in [1.82, 2.24) is 19.3 Å². The predicted octanol–water partition coefficient (Wildman–Crippen LogP) is 2.87. The Kier molecular flexibility index (Phi) is 4.49. The Morgan fingerprint density at radius 3 is 2.81 bits per heavy atom. The van der Waals surface area contributed by atoms with Gasteiger partial charge in [0.15, 0.2) is 5.82 Å². The number of anilines is 1. The van der Waals surface area contributed by atoms with Crippen LogP contribution in [0.2, 0.25) is 5.02 Å². The maximum atomic E-state index is 13.2. The third kappa shape index (κ3) is 3.61. The van der Waals surface area contributed by atoms with Gasteiger partial charge in [0, 0.05) is 29.7 Å². The van der Waals surface area contributed by atoms with Crippen LogP contribution in [-0.4, -0.2) is 25.2 Å². The zero-order valence-corrected chi connectivity index (χ0v) is 14.9. The molecule has 2 heterocycles. The van der Waals surface area contributed by atoms with Crippen LogP contribution >= 0.6 is 11.6 Å². The van der Waals surface area contributed by atoms with E-state index in [0.29, 0.717) is 17.1 Å². The summed E-state index contributed by atoms with van der Waals surface area (Å²) >= 11 is 5.71. The first-order valence-electron chi connectivity index (χ1n) is 8.37. The Morgan fingerprint density at radius 1 is 1.33 bits per heavy atom. The van der Waals surface area contributed by atoms with Crippen molar-refractivity contribution >= 4 is 23.2 Å². The Hall–Kier alpha value is -3.00. The molecule has 7 nitrogen and oxygen atoms in total. The third-order valence-electron chi connectivity index (χ3n) is 4.20. The molecule has 0 spiro atoms. The van der Waals surface area contributed by atoms with E-state index in [1.807, 2.05) is 6.07 Å². The van der Waals surface area contributed by atoms with Crippen molar-refractivity contribution < 1.29 is 9.18 Å². The van der Waals surface area contributed by atoms with Crippen LogP contribution in [0.5, 0.6) is 0 Å². The van der Waals surface area contributed by atoms with E-state index in [2.05, 4.69) is 15.4 Å². The van der Waals surface area contributed by atoms with Gasteiger partial charge in [0.2, 0.25) is 5.91 Å². The van der Waals surface area contributed by atoms with E-state index in [9.17, 15) is 14.0 Å². The van der Waals surface area contributed by atoms with Gasteiger partial charge < -0.3 is 5.32 Å². The lowest BCUT2D eigenvalue weighted by Gasteiger charge is -2.05. The van der Waals surface area contributed by atoms with Gasteiger partial charge >= 0.3 is 5.69 Å². The van der Waals surface area contributed by atoms with E-state index in [-0.39, 0.29) is 23.3 Å². The van der Waals surface area contributed by atoms with E-state index >= 15 is 0 Å². The predicted molar refractivity (Wildman–Crippen MR) is 98.0 cm³/mol. The van der Waals surface area contributed by atoms with Crippen LogP contribution in [0.1, 0.15) is 18.9 Å². The van der Waals surface area contributed by atoms with Gasteiger partial charge in [-0.2, -0.15) is 0 Å². The Labute approximate surface area is 158 Å². The lowest BCUT2D eigenvalue weighted by atomic mass is 10.3. The van der Waals surface area contributed by atoms with E-state index < -0.39 is 11.7 Å². The molecular formula is C18H15ClFN5O2. The molecule has 9 heteroatoms. The van der Waals surface area contributed by atoms with Crippen LogP contribution in [0.25, 0.3) is 11.4 Å². The van der Waals surface area contributed by atoms with Crippen LogP contribution in [0, 0.1) is 5.82 Å². The molecule has 0 bridgehead atoms. The van der Waals surface area contributed by atoms with Gasteiger partial charge in [-0.05, 0) is 43.2 Å². The average Bonchev–Trinajstić information content (AvgIpc) is 3.44. The molecule has 1 amide bonds. The summed E-state index contributed by atoms with van der Waals surface area (Å²) in [6.45, 7) is -0.263. The highest BCUT2D eigenvalue weighted by Crippen LogP contribution is 2.36. The van der Waals surface area contributed by atoms with Gasteiger partial charge in [-0.25, -0.2) is 13.9 Å². The summed E-state index contributed by atoms with van der Waals surface area (Å²) < 4.78 is 16.0. The Balaban J connectivity index is 1.59. The standard InChI is InChI=1S/C18H15ClFN5O2/c19-14-8-12(3-6-15(14)20)22-16(26)10-24-18(27)25(13-4-5-13)17(23-24)11-2-1-7-21-9-11/h1-3,6-9,13H,4-5,10H2,(H,22,26). The number of halogens is 2. The fourth-order valence-corrected chi connectivity index (χ4v) is 2.97. The molecule has 0 radical (unpaired) electrons. The number of carbonyl (C=O) groups excluding carboxylic acids is 1. The van der Waals surface area contributed by atoms with Crippen molar-refractivity contribution in [3.05, 3.63) is 64.0 Å². The van der Waals surface area contributed by atoms with E-state index in [0.717, 1.165) is 23.6 Å². The number of nitrogens with zero attached hydrogens (tertiary/aromatic N) is 4. The van der Waals surface area contributed by atoms with Crippen LogP contribution in [0.15, 0.2) is 47.5 Å². The monoisotopic (exact) mass is 387 g/mol. The lowest BCUT2D eigenvalue weighted by molar-refractivity contribution is -0.117. The molecule has 1 N–H and O–H groups in total. The maximum absolute atomic E-state index is 13.2. The molecule has 0 atom stereocenters. The number of nitrogens with one attached hydrogen (secondary N) is 1. The minimum absolute atomic E-state index is 0.0955. The van der Waals surface area contributed by atoms with Crippen LogP contribution in [-0.2, 0) is 11.3 Å². The van der Waals surface area contributed by atoms with Crippen molar-refractivity contribution in [1.29, 1.82) is 0 Å². The maximum Gasteiger partial charge on any atom is 0.346 e. The minimum Gasteiger partial charge on any atom is -0.324 e. The molecule has 27 heavy (non-hydrogen) atoms. The van der Waals surface area contributed by atoms with Gasteiger partial charge in [-0.15, -0.1) is 5.10 Å². The number of amides is 1. The molecule has 0 aliphatic heterocycles. The van der Waals surface area contributed by atoms with E-state index in [4.69, 9.17) is 11.6 Å². The summed E-state index contributed by atoms with van der Waals surface area (Å²) in [7, 11) is 0. The summed E-state index contributed by atoms with van der Waals surface area (Å²) in [5.41, 5.74) is 0.711. The summed E-state index contributed by atoms with van der Waals surface area (Å²) in [5, 5.41) is 6.83. The normalized spacial score (nSPS) is 13.6. The fourth-order valence-electron chi connectivity index (χ4n) is 2.79. The molecule has 0 unspecified atom stereocenters. The van der Waals surface area contributed by atoms with Crippen LogP contribution in [0.4, 0.5) is 10.1 Å². The first-order chi connectivity index (χ1) is 13.0. The van der Waals surface area contributed by atoms with Crippen molar-refractivity contribution in [2.24, 2.45) is 0 Å². The average molecular weight is 388 g/mol. The Bertz CT molecular complexity index is 1060. The molecule has 4 rings (SSSR count). The topological polar surface area (TPSA) is 81.8 Å². The van der Waals surface area contributed by atoms with Crippen molar-refractivity contribution in [3.8, 4) is 11.4 Å². The highest BCUT2D eigenvalue weighted by molar-refractivity contribution is 6.31. The SMILES string of the molecule is O=C(Cn1nc(-c2cccnc2)n(C2CC2)c1=O)Nc1ccc(F)c(Cl)c1. The number of aromatic nitrogens is 4. The third-order valence-corrected chi connectivity index (χ3v) is 4.49. The second-order valence-corrected chi connectivity index (χ2v) is 6.69. The minimum atomic E-state index is -0.574. The van der Waals surface area contributed by atoms with Gasteiger partial charge in [-0.1, -0.05) is 11.6 Å². The number of rotatable bonds is 5. The number of carbonyl (C=O) groups is 1. The van der Waals surface area contributed by atoms with E-state index in [1.54, 1.807) is 23.0 Å². The highest BCUT2D eigenvalue weighted by Gasteiger charge is 2.30. The fraction of sp³-hybridized carbons (Fsp3) is 0.222. The molecular weight excluding hydrogens is 373 g/mol. The largest absolute Gasteiger partial charge is 0.346 e. The molecule has 1 fully saturated rings. The smallest absolute Gasteiger partial charge is 0.324 e. The molecule has 138 valence electrons. The molecule has 0 saturated heterocycles. The highest BCUT2D eigenvalue weighted by atomic mass is 35.5. The van der Waals surface area contributed by atoms with Crippen molar-refractivity contribution in [3.63, 3.8) is 0 Å². The first kappa shape index (κ1) is 17.4. The quantitative estimate of drug-likeness (QED) is 0.729. The second kappa shape index (κ2) is 6.96. The number of pyridine rings is 1. The summed E-state index contributed by atoms with van der Waals surface area (Å²) in [5.74, 6) is -0.540. The van der Waals surface area contributed by atoms with Crippen LogP contribution < -0.4 is 11.0 Å². The first-order valence-corrected chi connectivity index (χ1v) is 8.75. The summed E-state index contributed by atoms with van der Waals surface area (Å²) in [4.78, 5) is 29.1. The van der Waals surface area contributed by atoms with Crippen LogP contribution in [0.3, 0.4) is 0 Å². The van der Waals surface area contributed by atoms with Gasteiger partial charge in [0.25, 0.3) is 0 Å². The summed E-state index contributed by atoms with van der Waals surface area (Å²) in [6.07, 6.45) is 5.07. The van der Waals surface area contributed by atoms with Gasteiger partial charge in [-0.3, -0.25) is 14.3 Å². The lowest BCUT2D eigenvalue weighted by Crippen LogP contribution is -2.30. The molecule has 3 aromatic rings. The second-order valence-electron chi connectivity index (χ2n) is 6.28. The van der Waals surface area contributed by atoms with Crippen molar-refractivity contribution in [2.45, 2.75) is 25.4 Å². The molecule has 1 aromatic carbocycles. The molecule has 1 aliphatic carbocycles. The van der Waals surface area contributed by atoms with Crippen molar-refractivity contribution in [2.75, 3.05) is 5.32 Å². The molecule has 2 aromatic heterocycles. The van der Waals surface area contributed by atoms with Gasteiger partial charge in [0.05, 0.1) is 5.02 Å². The van der Waals surface area contributed by atoms with Gasteiger partial charge in [0.1, 0.15) is 12.4 Å². The molecule has 1 aliphatic rings. The molecule has 1 saturated carbocycles. The Morgan fingerprint density at radius 2 is 2.15 bits per heavy atom. The number of hydrogen-bond donors (Lipinski definition) is 1. The number of hydrogen-bond acceptors (Lipinski definition) is 4.